The molecular weight excluding hydrogens is 256 g/mol. The van der Waals surface area contributed by atoms with Crippen molar-refractivity contribution in [1.82, 2.24) is 0 Å². The predicted octanol–water partition coefficient (Wildman–Crippen LogP) is 4.59. The Morgan fingerprint density at radius 3 is 1.71 bits per heavy atom. The van der Waals surface area contributed by atoms with Gasteiger partial charge in [-0.25, -0.2) is 0 Å². The zero-order chi connectivity index (χ0) is 14.9. The Morgan fingerprint density at radius 2 is 1.33 bits per heavy atom. The maximum atomic E-state index is 11.2. The standard InChI is InChI=1S/C20H20O/c1-20(2)18(19(20)14-21)13-17(15-9-5-3-6-10-15)16-11-7-4-8-12-16/h3-14,18-19H,1-2H3/t18-,19-/m1/s1. The van der Waals surface area contributed by atoms with Crippen LogP contribution in [0.4, 0.5) is 0 Å². The minimum absolute atomic E-state index is 0.0799. The first-order chi connectivity index (χ1) is 10.1. The molecule has 1 aliphatic rings. The Labute approximate surface area is 126 Å². The number of allylic oxidation sites excluding steroid dienone is 1. The highest BCUT2D eigenvalue weighted by Crippen LogP contribution is 2.58. The summed E-state index contributed by atoms with van der Waals surface area (Å²) >= 11 is 0. The summed E-state index contributed by atoms with van der Waals surface area (Å²) < 4.78 is 0. The van der Waals surface area contributed by atoms with E-state index < -0.39 is 0 Å². The van der Waals surface area contributed by atoms with Gasteiger partial charge in [0.05, 0.1) is 0 Å². The molecule has 106 valence electrons. The molecule has 0 saturated heterocycles. The molecule has 0 aliphatic heterocycles. The third-order valence-corrected chi connectivity index (χ3v) is 4.66. The van der Waals surface area contributed by atoms with Crippen LogP contribution >= 0.6 is 0 Å². The van der Waals surface area contributed by atoms with Crippen LogP contribution in [-0.2, 0) is 4.79 Å². The zero-order valence-corrected chi connectivity index (χ0v) is 12.5. The summed E-state index contributed by atoms with van der Waals surface area (Å²) in [6.45, 7) is 4.34. The van der Waals surface area contributed by atoms with Gasteiger partial charge >= 0.3 is 0 Å². The summed E-state index contributed by atoms with van der Waals surface area (Å²) in [5.74, 6) is 0.463. The molecule has 21 heavy (non-hydrogen) atoms. The molecule has 0 unspecified atom stereocenters. The molecule has 0 N–H and O–H groups in total. The Kier molecular flexibility index (Phi) is 3.50. The van der Waals surface area contributed by atoms with Crippen LogP contribution in [0.5, 0.6) is 0 Å². The molecule has 1 heteroatoms. The van der Waals surface area contributed by atoms with Gasteiger partial charge in [-0.2, -0.15) is 0 Å². The fourth-order valence-electron chi connectivity index (χ4n) is 3.07. The Morgan fingerprint density at radius 1 is 0.857 bits per heavy atom. The van der Waals surface area contributed by atoms with Crippen LogP contribution in [-0.4, -0.2) is 6.29 Å². The van der Waals surface area contributed by atoms with Crippen LogP contribution in [0.2, 0.25) is 0 Å². The van der Waals surface area contributed by atoms with Crippen molar-refractivity contribution in [2.24, 2.45) is 17.3 Å². The smallest absolute Gasteiger partial charge is 0.124 e. The van der Waals surface area contributed by atoms with Crippen molar-refractivity contribution in [3.8, 4) is 0 Å². The van der Waals surface area contributed by atoms with E-state index in [-0.39, 0.29) is 11.3 Å². The molecule has 0 aromatic heterocycles. The maximum absolute atomic E-state index is 11.2. The lowest BCUT2D eigenvalue weighted by Crippen LogP contribution is -1.92. The summed E-state index contributed by atoms with van der Waals surface area (Å²) in [7, 11) is 0. The molecule has 1 fully saturated rings. The quantitative estimate of drug-likeness (QED) is 0.746. The number of carbonyl (C=O) groups is 1. The summed E-state index contributed by atoms with van der Waals surface area (Å²) in [5, 5.41) is 0. The van der Waals surface area contributed by atoms with Gasteiger partial charge in [-0.05, 0) is 28.0 Å². The van der Waals surface area contributed by atoms with Crippen molar-refractivity contribution in [2.75, 3.05) is 0 Å². The van der Waals surface area contributed by atoms with Crippen molar-refractivity contribution >= 4 is 11.9 Å². The molecule has 0 spiro atoms. The number of hydrogen-bond donors (Lipinski definition) is 0. The normalized spacial score (nSPS) is 22.4. The SMILES string of the molecule is CC1(C)[C@H](C=O)[C@H]1C=C(c1ccccc1)c1ccccc1. The van der Waals surface area contributed by atoms with E-state index >= 15 is 0 Å². The molecule has 1 aliphatic carbocycles. The molecule has 0 amide bonds. The number of rotatable bonds is 4. The van der Waals surface area contributed by atoms with Crippen molar-refractivity contribution in [3.63, 3.8) is 0 Å². The van der Waals surface area contributed by atoms with Gasteiger partial charge in [0.2, 0.25) is 0 Å². The summed E-state index contributed by atoms with van der Waals surface area (Å²) in [6, 6.07) is 20.8. The van der Waals surface area contributed by atoms with Crippen LogP contribution in [0.1, 0.15) is 25.0 Å². The van der Waals surface area contributed by atoms with Crippen molar-refractivity contribution in [1.29, 1.82) is 0 Å². The molecule has 0 bridgehead atoms. The van der Waals surface area contributed by atoms with Gasteiger partial charge in [0.25, 0.3) is 0 Å². The average Bonchev–Trinajstić information content (AvgIpc) is 3.06. The average molecular weight is 276 g/mol. The fourth-order valence-corrected chi connectivity index (χ4v) is 3.07. The first kappa shape index (κ1) is 13.8. The van der Waals surface area contributed by atoms with Gasteiger partial charge in [-0.1, -0.05) is 80.6 Å². The lowest BCUT2D eigenvalue weighted by Gasteiger charge is -2.09. The van der Waals surface area contributed by atoms with Gasteiger partial charge in [0.1, 0.15) is 6.29 Å². The maximum Gasteiger partial charge on any atom is 0.124 e. The van der Waals surface area contributed by atoms with E-state index in [2.05, 4.69) is 68.5 Å². The number of aldehydes is 1. The second-order valence-corrected chi connectivity index (χ2v) is 6.32. The van der Waals surface area contributed by atoms with E-state index in [1.807, 2.05) is 12.1 Å². The van der Waals surface area contributed by atoms with E-state index in [1.165, 1.54) is 16.7 Å². The second kappa shape index (κ2) is 5.33. The molecule has 0 heterocycles. The van der Waals surface area contributed by atoms with Crippen LogP contribution in [0.25, 0.3) is 5.57 Å². The Balaban J connectivity index is 2.04. The third kappa shape index (κ3) is 2.56. The van der Waals surface area contributed by atoms with Gasteiger partial charge in [0, 0.05) is 5.92 Å². The molecule has 2 aromatic carbocycles. The fraction of sp³-hybridized carbons (Fsp3) is 0.250. The van der Waals surface area contributed by atoms with Crippen LogP contribution in [0.15, 0.2) is 66.7 Å². The Bertz CT molecular complexity index is 611. The highest BCUT2D eigenvalue weighted by atomic mass is 16.1. The van der Waals surface area contributed by atoms with E-state index in [0.29, 0.717) is 5.92 Å². The van der Waals surface area contributed by atoms with Crippen LogP contribution < -0.4 is 0 Å². The molecule has 2 atom stereocenters. The van der Waals surface area contributed by atoms with Gasteiger partial charge in [-0.15, -0.1) is 0 Å². The minimum Gasteiger partial charge on any atom is -0.303 e. The molecule has 1 saturated carbocycles. The van der Waals surface area contributed by atoms with Crippen LogP contribution in [0.3, 0.4) is 0 Å². The van der Waals surface area contributed by atoms with E-state index in [1.54, 1.807) is 0 Å². The highest BCUT2D eigenvalue weighted by molar-refractivity contribution is 5.81. The molecule has 2 aromatic rings. The summed E-state index contributed by atoms with van der Waals surface area (Å²) in [6.07, 6.45) is 3.39. The Hall–Kier alpha value is -2.15. The first-order valence-corrected chi connectivity index (χ1v) is 7.42. The van der Waals surface area contributed by atoms with Gasteiger partial charge < -0.3 is 4.79 Å². The molecule has 3 rings (SSSR count). The number of hydrogen-bond acceptors (Lipinski definition) is 1. The number of benzene rings is 2. The molecular formula is C20H20O. The lowest BCUT2D eigenvalue weighted by molar-refractivity contribution is -0.109. The van der Waals surface area contributed by atoms with E-state index in [9.17, 15) is 4.79 Å². The van der Waals surface area contributed by atoms with Gasteiger partial charge in [-0.3, -0.25) is 0 Å². The highest BCUT2D eigenvalue weighted by Gasteiger charge is 2.56. The summed E-state index contributed by atoms with van der Waals surface area (Å²) in [5.41, 5.74) is 3.71. The van der Waals surface area contributed by atoms with Crippen molar-refractivity contribution < 1.29 is 4.79 Å². The van der Waals surface area contributed by atoms with E-state index in [0.717, 1.165) is 6.29 Å². The third-order valence-electron chi connectivity index (χ3n) is 4.66. The monoisotopic (exact) mass is 276 g/mol. The van der Waals surface area contributed by atoms with Crippen molar-refractivity contribution in [3.05, 3.63) is 77.9 Å². The molecule has 0 radical (unpaired) electrons. The minimum atomic E-state index is 0.0799. The zero-order valence-electron chi connectivity index (χ0n) is 12.5. The van der Waals surface area contributed by atoms with Gasteiger partial charge in [0.15, 0.2) is 0 Å². The summed E-state index contributed by atoms with van der Waals surface area (Å²) in [4.78, 5) is 11.2. The van der Waals surface area contributed by atoms with Crippen molar-refractivity contribution in [2.45, 2.75) is 13.8 Å². The predicted molar refractivity (Wildman–Crippen MR) is 86.8 cm³/mol. The topological polar surface area (TPSA) is 17.1 Å². The largest absolute Gasteiger partial charge is 0.303 e. The van der Waals surface area contributed by atoms with E-state index in [4.69, 9.17) is 0 Å². The first-order valence-electron chi connectivity index (χ1n) is 7.42. The number of carbonyl (C=O) groups excluding carboxylic acids is 1. The van der Waals surface area contributed by atoms with Crippen LogP contribution in [0, 0.1) is 17.3 Å². The lowest BCUT2D eigenvalue weighted by atomic mass is 9.95. The second-order valence-electron chi connectivity index (χ2n) is 6.32. The molecule has 1 nitrogen and oxygen atoms in total.